The second-order valence-corrected chi connectivity index (χ2v) is 8.58. The summed E-state index contributed by atoms with van der Waals surface area (Å²) >= 11 is 0. The highest BCUT2D eigenvalue weighted by molar-refractivity contribution is 5.41. The predicted molar refractivity (Wildman–Crippen MR) is 110 cm³/mol. The quantitative estimate of drug-likeness (QED) is 0.384. The largest absolute Gasteiger partial charge is 0.508 e. The van der Waals surface area contributed by atoms with Crippen molar-refractivity contribution < 1.29 is 9.94 Å². The van der Waals surface area contributed by atoms with E-state index in [4.69, 9.17) is 4.84 Å². The molecule has 0 heterocycles. The number of hydroxylamine groups is 1. The van der Waals surface area contributed by atoms with Crippen LogP contribution in [0.15, 0.2) is 18.2 Å². The van der Waals surface area contributed by atoms with E-state index in [0.717, 1.165) is 24.8 Å². The van der Waals surface area contributed by atoms with Crippen molar-refractivity contribution in [1.82, 2.24) is 5.48 Å². The van der Waals surface area contributed by atoms with Crippen LogP contribution in [0.25, 0.3) is 0 Å². The summed E-state index contributed by atoms with van der Waals surface area (Å²) in [5.74, 6) is 0.898. The molecule has 1 fully saturated rings. The van der Waals surface area contributed by atoms with Crippen molar-refractivity contribution in [2.75, 3.05) is 6.61 Å². The summed E-state index contributed by atoms with van der Waals surface area (Å²) in [5, 5.41) is 10.7. The highest BCUT2D eigenvalue weighted by Gasteiger charge is 2.27. The molecule has 0 bridgehead atoms. The Labute approximate surface area is 160 Å². The number of phenolic OH excluding ortho intramolecular Hbond substituents is 1. The normalized spacial score (nSPS) is 21.1. The van der Waals surface area contributed by atoms with E-state index in [-0.39, 0.29) is 5.41 Å². The SMILES string of the molecule is CCCCCCC(C)(C)c1ccc([C@H]2CCCC(NOCC)C2)c(O)c1. The number of nitrogens with one attached hydrogen (secondary N) is 1. The molecule has 1 unspecified atom stereocenters. The number of rotatable bonds is 10. The van der Waals surface area contributed by atoms with Gasteiger partial charge in [-0.05, 0) is 61.1 Å². The molecule has 0 saturated heterocycles. The van der Waals surface area contributed by atoms with Crippen LogP contribution in [0.4, 0.5) is 0 Å². The van der Waals surface area contributed by atoms with E-state index in [1.807, 2.05) is 13.0 Å². The van der Waals surface area contributed by atoms with E-state index in [2.05, 4.69) is 38.4 Å². The first kappa shape index (κ1) is 21.2. The maximum Gasteiger partial charge on any atom is 0.119 e. The van der Waals surface area contributed by atoms with Gasteiger partial charge in [0.05, 0.1) is 6.61 Å². The maximum absolute atomic E-state index is 10.7. The van der Waals surface area contributed by atoms with Gasteiger partial charge in [0.1, 0.15) is 5.75 Å². The molecule has 1 aliphatic carbocycles. The summed E-state index contributed by atoms with van der Waals surface area (Å²) in [6, 6.07) is 6.83. The van der Waals surface area contributed by atoms with Gasteiger partial charge in [-0.25, -0.2) is 0 Å². The first-order chi connectivity index (χ1) is 12.5. The van der Waals surface area contributed by atoms with Gasteiger partial charge in [-0.1, -0.05) is 65.0 Å². The fourth-order valence-corrected chi connectivity index (χ4v) is 4.23. The molecule has 26 heavy (non-hydrogen) atoms. The molecular formula is C23H39NO2. The van der Waals surface area contributed by atoms with E-state index >= 15 is 0 Å². The summed E-state index contributed by atoms with van der Waals surface area (Å²) in [4.78, 5) is 5.39. The molecule has 2 N–H and O–H groups in total. The molecule has 1 aliphatic rings. The van der Waals surface area contributed by atoms with Gasteiger partial charge in [0.25, 0.3) is 0 Å². The third kappa shape index (κ3) is 5.99. The minimum absolute atomic E-state index is 0.120. The summed E-state index contributed by atoms with van der Waals surface area (Å²) in [6.07, 6.45) is 10.9. The van der Waals surface area contributed by atoms with Crippen LogP contribution in [-0.2, 0) is 10.3 Å². The minimum atomic E-state index is 0.120. The summed E-state index contributed by atoms with van der Waals surface area (Å²) in [7, 11) is 0. The highest BCUT2D eigenvalue weighted by Crippen LogP contribution is 2.40. The lowest BCUT2D eigenvalue weighted by Gasteiger charge is -2.31. The Morgan fingerprint density at radius 3 is 2.65 bits per heavy atom. The fraction of sp³-hybridized carbons (Fsp3) is 0.739. The number of benzene rings is 1. The molecule has 3 heteroatoms. The van der Waals surface area contributed by atoms with Crippen LogP contribution in [0.1, 0.15) is 103 Å². The molecule has 0 spiro atoms. The molecule has 1 aromatic rings. The first-order valence-electron chi connectivity index (χ1n) is 10.7. The number of hydrogen-bond acceptors (Lipinski definition) is 3. The average molecular weight is 362 g/mol. The topological polar surface area (TPSA) is 41.5 Å². The van der Waals surface area contributed by atoms with Crippen LogP contribution < -0.4 is 5.48 Å². The van der Waals surface area contributed by atoms with Gasteiger partial charge >= 0.3 is 0 Å². The van der Waals surface area contributed by atoms with Crippen LogP contribution in [-0.4, -0.2) is 17.8 Å². The third-order valence-electron chi connectivity index (χ3n) is 5.98. The summed E-state index contributed by atoms with van der Waals surface area (Å²) < 4.78 is 0. The van der Waals surface area contributed by atoms with Crippen molar-refractivity contribution >= 4 is 0 Å². The lowest BCUT2D eigenvalue weighted by molar-refractivity contribution is 0.0129. The van der Waals surface area contributed by atoms with E-state index in [0.29, 0.717) is 24.3 Å². The van der Waals surface area contributed by atoms with Crippen LogP contribution in [0.5, 0.6) is 5.75 Å². The van der Waals surface area contributed by atoms with Gasteiger partial charge in [-0.15, -0.1) is 0 Å². The Balaban J connectivity index is 2.01. The van der Waals surface area contributed by atoms with Gasteiger partial charge in [-0.3, -0.25) is 0 Å². The third-order valence-corrected chi connectivity index (χ3v) is 5.98. The van der Waals surface area contributed by atoms with E-state index in [9.17, 15) is 5.11 Å². The molecule has 1 aromatic carbocycles. The second-order valence-electron chi connectivity index (χ2n) is 8.58. The predicted octanol–water partition coefficient (Wildman–Crippen LogP) is 6.21. The Hall–Kier alpha value is -1.06. The Bertz CT molecular complexity index is 541. The van der Waals surface area contributed by atoms with E-state index in [1.165, 1.54) is 44.1 Å². The Morgan fingerprint density at radius 1 is 1.15 bits per heavy atom. The minimum Gasteiger partial charge on any atom is -0.508 e. The van der Waals surface area contributed by atoms with Crippen molar-refractivity contribution in [2.45, 2.75) is 103 Å². The first-order valence-corrected chi connectivity index (χ1v) is 10.7. The van der Waals surface area contributed by atoms with Gasteiger partial charge in [0.2, 0.25) is 0 Å². The molecule has 148 valence electrons. The molecule has 0 radical (unpaired) electrons. The highest BCUT2D eigenvalue weighted by atomic mass is 16.6. The zero-order valence-corrected chi connectivity index (χ0v) is 17.3. The zero-order chi connectivity index (χ0) is 19.0. The molecule has 0 amide bonds. The van der Waals surface area contributed by atoms with Gasteiger partial charge in [0, 0.05) is 6.04 Å². The number of unbranched alkanes of at least 4 members (excludes halogenated alkanes) is 3. The molecule has 0 aliphatic heterocycles. The van der Waals surface area contributed by atoms with Crippen LogP contribution in [0, 0.1) is 0 Å². The van der Waals surface area contributed by atoms with Crippen molar-refractivity contribution in [3.05, 3.63) is 29.3 Å². The van der Waals surface area contributed by atoms with Crippen LogP contribution in [0.3, 0.4) is 0 Å². The van der Waals surface area contributed by atoms with Gasteiger partial charge in [-0.2, -0.15) is 5.48 Å². The number of phenols is 1. The van der Waals surface area contributed by atoms with Crippen LogP contribution >= 0.6 is 0 Å². The fourth-order valence-electron chi connectivity index (χ4n) is 4.23. The monoisotopic (exact) mass is 361 g/mol. The van der Waals surface area contributed by atoms with E-state index in [1.54, 1.807) is 0 Å². The Morgan fingerprint density at radius 2 is 1.96 bits per heavy atom. The summed E-state index contributed by atoms with van der Waals surface area (Å²) in [5.41, 5.74) is 5.67. The lowest BCUT2D eigenvalue weighted by atomic mass is 9.77. The molecular weight excluding hydrogens is 322 g/mol. The molecule has 2 atom stereocenters. The molecule has 1 saturated carbocycles. The second kappa shape index (κ2) is 10.3. The molecule has 2 rings (SSSR count). The maximum atomic E-state index is 10.7. The number of aromatic hydroxyl groups is 1. The molecule has 3 nitrogen and oxygen atoms in total. The summed E-state index contributed by atoms with van der Waals surface area (Å²) in [6.45, 7) is 9.55. The van der Waals surface area contributed by atoms with Gasteiger partial charge < -0.3 is 9.94 Å². The van der Waals surface area contributed by atoms with Gasteiger partial charge in [0.15, 0.2) is 0 Å². The average Bonchev–Trinajstić information content (AvgIpc) is 2.63. The number of hydrogen-bond donors (Lipinski definition) is 2. The smallest absolute Gasteiger partial charge is 0.119 e. The zero-order valence-electron chi connectivity index (χ0n) is 17.3. The lowest BCUT2D eigenvalue weighted by Crippen LogP contribution is -2.33. The standard InChI is InChI=1S/C23H39NO2/c1-5-7-8-9-15-23(3,4)19-13-14-21(22(25)17-19)18-11-10-12-20(16-18)24-26-6-2/h13-14,17-18,20,24-25H,5-12,15-16H2,1-4H3/t18-,20?/m0/s1. The van der Waals surface area contributed by atoms with Crippen molar-refractivity contribution in [3.63, 3.8) is 0 Å². The van der Waals surface area contributed by atoms with E-state index < -0.39 is 0 Å². The van der Waals surface area contributed by atoms with Crippen molar-refractivity contribution in [2.24, 2.45) is 0 Å². The Kier molecular flexibility index (Phi) is 8.43. The van der Waals surface area contributed by atoms with Crippen molar-refractivity contribution in [1.29, 1.82) is 0 Å². The van der Waals surface area contributed by atoms with Crippen LogP contribution in [0.2, 0.25) is 0 Å². The molecule has 0 aromatic heterocycles. The van der Waals surface area contributed by atoms with Crippen molar-refractivity contribution in [3.8, 4) is 5.75 Å².